The number of allylic oxidation sites excluding steroid dienone is 1. The molecule has 1 aromatic rings. The van der Waals surface area contributed by atoms with Gasteiger partial charge in [0, 0.05) is 10.7 Å². The maximum Gasteiger partial charge on any atom is 0.159 e. The Labute approximate surface area is 92.0 Å². The van der Waals surface area contributed by atoms with Gasteiger partial charge >= 0.3 is 0 Å². The first-order valence-corrected chi connectivity index (χ1v) is 5.60. The summed E-state index contributed by atoms with van der Waals surface area (Å²) in [5.41, 5.74) is 1.08. The van der Waals surface area contributed by atoms with Gasteiger partial charge in [-0.05, 0) is 18.1 Å². The van der Waals surface area contributed by atoms with Gasteiger partial charge in [0.15, 0.2) is 5.78 Å². The zero-order valence-electron chi connectivity index (χ0n) is 7.69. The first-order valence-electron chi connectivity index (χ1n) is 4.68. The largest absolute Gasteiger partial charge is 0.295 e. The molecule has 1 saturated carbocycles. The average molecular weight is 251 g/mol. The van der Waals surface area contributed by atoms with Crippen molar-refractivity contribution in [2.75, 3.05) is 0 Å². The predicted octanol–water partition coefficient (Wildman–Crippen LogP) is 3.05. The molecule has 2 rings (SSSR count). The number of alkyl halides is 1. The minimum atomic E-state index is 0.218. The normalized spacial score (nSPS) is 25.2. The number of hydrogen-bond donors (Lipinski definition) is 0. The Bertz CT molecular complexity index is 356. The molecule has 0 heterocycles. The van der Waals surface area contributed by atoms with Gasteiger partial charge in [0.2, 0.25) is 0 Å². The Morgan fingerprint density at radius 1 is 1.36 bits per heavy atom. The quantitative estimate of drug-likeness (QED) is 0.596. The highest BCUT2D eigenvalue weighted by Gasteiger charge is 2.39. The Balaban J connectivity index is 1.97. The fourth-order valence-corrected chi connectivity index (χ4v) is 1.99. The van der Waals surface area contributed by atoms with E-state index in [1.165, 1.54) is 0 Å². The lowest BCUT2D eigenvalue weighted by Crippen LogP contribution is -1.96. The number of carbonyl (C=O) groups is 1. The molecule has 72 valence electrons. The number of hydrogen-bond acceptors (Lipinski definition) is 1. The number of ketones is 1. The molecule has 1 nitrogen and oxygen atoms in total. The minimum absolute atomic E-state index is 0.218. The molecule has 0 saturated heterocycles. The second-order valence-electron chi connectivity index (χ2n) is 3.50. The molecule has 1 aliphatic rings. The van der Waals surface area contributed by atoms with Gasteiger partial charge in [-0.15, -0.1) is 0 Å². The van der Waals surface area contributed by atoms with Crippen LogP contribution in [0.15, 0.2) is 36.4 Å². The van der Waals surface area contributed by atoms with Gasteiger partial charge in [-0.1, -0.05) is 52.3 Å². The molecule has 0 amide bonds. The number of rotatable bonds is 3. The van der Waals surface area contributed by atoms with Crippen molar-refractivity contribution < 1.29 is 4.79 Å². The van der Waals surface area contributed by atoms with Crippen molar-refractivity contribution in [1.82, 2.24) is 0 Å². The number of carbonyl (C=O) groups excluding carboxylic acids is 1. The highest BCUT2D eigenvalue weighted by atomic mass is 79.9. The van der Waals surface area contributed by atoms with Crippen molar-refractivity contribution in [3.05, 3.63) is 42.0 Å². The van der Waals surface area contributed by atoms with Crippen molar-refractivity contribution in [2.45, 2.75) is 11.2 Å². The molecular formula is C12H11BrO. The standard InChI is InChI=1S/C12H11BrO/c13-11-8-10(11)12(14)7-6-9-4-2-1-3-5-9/h1-7,10-11H,8H2. The van der Waals surface area contributed by atoms with Crippen LogP contribution in [0.1, 0.15) is 12.0 Å². The number of benzene rings is 1. The third-order valence-electron chi connectivity index (χ3n) is 2.32. The summed E-state index contributed by atoms with van der Waals surface area (Å²) in [6, 6.07) is 9.88. The van der Waals surface area contributed by atoms with E-state index in [0.29, 0.717) is 4.83 Å². The van der Waals surface area contributed by atoms with Crippen molar-refractivity contribution in [1.29, 1.82) is 0 Å². The van der Waals surface area contributed by atoms with E-state index in [1.54, 1.807) is 6.08 Å². The Morgan fingerprint density at radius 2 is 2.00 bits per heavy atom. The SMILES string of the molecule is O=C(C=Cc1ccccc1)C1CC1Br. The van der Waals surface area contributed by atoms with Crippen LogP contribution in [-0.2, 0) is 4.79 Å². The molecule has 0 bridgehead atoms. The van der Waals surface area contributed by atoms with E-state index in [1.807, 2.05) is 36.4 Å². The van der Waals surface area contributed by atoms with Gasteiger partial charge < -0.3 is 0 Å². The Kier molecular flexibility index (Phi) is 2.82. The average Bonchev–Trinajstić information content (AvgIpc) is 2.94. The van der Waals surface area contributed by atoms with Crippen LogP contribution in [0.25, 0.3) is 6.08 Å². The van der Waals surface area contributed by atoms with Gasteiger partial charge in [0.25, 0.3) is 0 Å². The fourth-order valence-electron chi connectivity index (χ4n) is 1.32. The van der Waals surface area contributed by atoms with Crippen molar-refractivity contribution in [3.63, 3.8) is 0 Å². The summed E-state index contributed by atoms with van der Waals surface area (Å²) in [6.45, 7) is 0. The predicted molar refractivity (Wildman–Crippen MR) is 61.3 cm³/mol. The summed E-state index contributed by atoms with van der Waals surface area (Å²) in [4.78, 5) is 11.9. The molecule has 1 aliphatic carbocycles. The van der Waals surface area contributed by atoms with E-state index in [9.17, 15) is 4.79 Å². The highest BCUT2D eigenvalue weighted by molar-refractivity contribution is 9.09. The molecule has 0 aliphatic heterocycles. The van der Waals surface area contributed by atoms with E-state index < -0.39 is 0 Å². The maximum absolute atomic E-state index is 11.5. The summed E-state index contributed by atoms with van der Waals surface area (Å²) in [5, 5.41) is 0. The lowest BCUT2D eigenvalue weighted by molar-refractivity contribution is -0.115. The van der Waals surface area contributed by atoms with Crippen LogP contribution in [0.2, 0.25) is 0 Å². The Hall–Kier alpha value is -0.890. The fraction of sp³-hybridized carbons (Fsp3) is 0.250. The summed E-state index contributed by atoms with van der Waals surface area (Å²) in [7, 11) is 0. The highest BCUT2D eigenvalue weighted by Crippen LogP contribution is 2.38. The summed E-state index contributed by atoms with van der Waals surface area (Å²) in [6.07, 6.45) is 4.54. The number of halogens is 1. The second kappa shape index (κ2) is 4.09. The molecule has 14 heavy (non-hydrogen) atoms. The monoisotopic (exact) mass is 250 g/mol. The van der Waals surface area contributed by atoms with Gasteiger partial charge in [-0.25, -0.2) is 0 Å². The third kappa shape index (κ3) is 2.32. The molecule has 0 N–H and O–H groups in total. The summed E-state index contributed by atoms with van der Waals surface area (Å²) >= 11 is 3.42. The molecule has 2 atom stereocenters. The van der Waals surface area contributed by atoms with Crippen LogP contribution in [0.5, 0.6) is 0 Å². The molecule has 1 aromatic carbocycles. The molecule has 0 radical (unpaired) electrons. The van der Waals surface area contributed by atoms with Crippen LogP contribution < -0.4 is 0 Å². The molecule has 0 aromatic heterocycles. The molecule has 0 spiro atoms. The van der Waals surface area contributed by atoms with E-state index >= 15 is 0 Å². The lowest BCUT2D eigenvalue weighted by atomic mass is 10.1. The van der Waals surface area contributed by atoms with Crippen LogP contribution >= 0.6 is 15.9 Å². The van der Waals surface area contributed by atoms with Crippen LogP contribution in [0.4, 0.5) is 0 Å². The van der Waals surface area contributed by atoms with Gasteiger partial charge in [-0.2, -0.15) is 0 Å². The Morgan fingerprint density at radius 3 is 2.57 bits per heavy atom. The van der Waals surface area contributed by atoms with Crippen LogP contribution in [0, 0.1) is 5.92 Å². The van der Waals surface area contributed by atoms with Crippen LogP contribution in [0.3, 0.4) is 0 Å². The zero-order chi connectivity index (χ0) is 9.97. The topological polar surface area (TPSA) is 17.1 Å². The van der Waals surface area contributed by atoms with Gasteiger partial charge in [0.05, 0.1) is 0 Å². The van der Waals surface area contributed by atoms with E-state index in [0.717, 1.165) is 12.0 Å². The smallest absolute Gasteiger partial charge is 0.159 e. The maximum atomic E-state index is 11.5. The van der Waals surface area contributed by atoms with E-state index in [4.69, 9.17) is 0 Å². The van der Waals surface area contributed by atoms with Crippen molar-refractivity contribution in [2.24, 2.45) is 5.92 Å². The van der Waals surface area contributed by atoms with E-state index in [2.05, 4.69) is 15.9 Å². The van der Waals surface area contributed by atoms with E-state index in [-0.39, 0.29) is 11.7 Å². The molecular weight excluding hydrogens is 240 g/mol. The zero-order valence-corrected chi connectivity index (χ0v) is 9.28. The molecule has 2 heteroatoms. The third-order valence-corrected chi connectivity index (χ3v) is 3.33. The first kappa shape index (κ1) is 9.66. The molecule has 1 fully saturated rings. The van der Waals surface area contributed by atoms with Crippen LogP contribution in [-0.4, -0.2) is 10.6 Å². The molecule has 2 unspecified atom stereocenters. The van der Waals surface area contributed by atoms with Gasteiger partial charge in [0.1, 0.15) is 0 Å². The second-order valence-corrected chi connectivity index (χ2v) is 4.68. The minimum Gasteiger partial charge on any atom is -0.295 e. The van der Waals surface area contributed by atoms with Crippen molar-refractivity contribution >= 4 is 27.8 Å². The summed E-state index contributed by atoms with van der Waals surface area (Å²) < 4.78 is 0. The summed E-state index contributed by atoms with van der Waals surface area (Å²) in [5.74, 6) is 0.450. The van der Waals surface area contributed by atoms with Crippen molar-refractivity contribution in [3.8, 4) is 0 Å². The van der Waals surface area contributed by atoms with Gasteiger partial charge in [-0.3, -0.25) is 4.79 Å². The first-order chi connectivity index (χ1) is 6.77. The lowest BCUT2D eigenvalue weighted by Gasteiger charge is -1.91.